The number of amides is 1. The summed E-state index contributed by atoms with van der Waals surface area (Å²) in [5, 5.41) is 10.9. The Balaban J connectivity index is 1.82. The predicted molar refractivity (Wildman–Crippen MR) is 95.6 cm³/mol. The molecule has 1 N–H and O–H groups in total. The van der Waals surface area contributed by atoms with Gasteiger partial charge in [0.2, 0.25) is 0 Å². The van der Waals surface area contributed by atoms with E-state index in [0.717, 1.165) is 5.56 Å². The Bertz CT molecular complexity index is 1010. The first kappa shape index (κ1) is 17.7. The second-order valence-electron chi connectivity index (χ2n) is 6.92. The minimum atomic E-state index is -0.592. The van der Waals surface area contributed by atoms with E-state index in [4.69, 9.17) is 9.15 Å². The van der Waals surface area contributed by atoms with Gasteiger partial charge in [-0.05, 0) is 39.0 Å². The fraction of sp³-hybridized carbons (Fsp3) is 0.333. The zero-order valence-corrected chi connectivity index (χ0v) is 15.1. The third kappa shape index (κ3) is 4.08. The molecule has 8 nitrogen and oxygen atoms in total. The van der Waals surface area contributed by atoms with Gasteiger partial charge in [0, 0.05) is 18.7 Å². The molecule has 3 aromatic rings. The van der Waals surface area contributed by atoms with E-state index >= 15 is 0 Å². The summed E-state index contributed by atoms with van der Waals surface area (Å²) in [6, 6.07) is 6.59. The topological polar surface area (TPSA) is 99.2 Å². The van der Waals surface area contributed by atoms with Gasteiger partial charge in [-0.2, -0.15) is 0 Å². The van der Waals surface area contributed by atoms with Gasteiger partial charge in [-0.3, -0.25) is 9.48 Å². The number of hydrogen-bond acceptors (Lipinski definition) is 6. The van der Waals surface area contributed by atoms with Crippen LogP contribution in [0.2, 0.25) is 0 Å². The van der Waals surface area contributed by atoms with Crippen LogP contribution in [0.25, 0.3) is 22.2 Å². The molecule has 0 unspecified atom stereocenters. The summed E-state index contributed by atoms with van der Waals surface area (Å²) in [6.45, 7) is 5.39. The number of fused-ring (bicyclic) bond motifs is 1. The second kappa shape index (κ2) is 6.62. The van der Waals surface area contributed by atoms with E-state index in [-0.39, 0.29) is 12.0 Å². The van der Waals surface area contributed by atoms with Gasteiger partial charge in [-0.15, -0.1) is 5.10 Å². The number of nitrogens with zero attached hydrogens (tertiary/aromatic N) is 3. The fourth-order valence-electron chi connectivity index (χ4n) is 2.41. The van der Waals surface area contributed by atoms with Gasteiger partial charge < -0.3 is 14.5 Å². The van der Waals surface area contributed by atoms with Crippen molar-refractivity contribution in [2.75, 3.05) is 0 Å². The minimum Gasteiger partial charge on any atom is -0.459 e. The molecule has 0 bridgehead atoms. The first-order valence-electron chi connectivity index (χ1n) is 8.11. The summed E-state index contributed by atoms with van der Waals surface area (Å²) >= 11 is 0. The number of carbonyl (C=O) groups excluding carboxylic acids is 1. The molecule has 0 aliphatic carbocycles. The largest absolute Gasteiger partial charge is 0.459 e. The molecule has 2 heterocycles. The Hall–Kier alpha value is -3.16. The number of benzene rings is 1. The van der Waals surface area contributed by atoms with Gasteiger partial charge in [0.1, 0.15) is 22.6 Å². The average molecular weight is 356 g/mol. The molecule has 0 radical (unpaired) electrons. The van der Waals surface area contributed by atoms with Gasteiger partial charge in [0.05, 0.1) is 18.1 Å². The quantitative estimate of drug-likeness (QED) is 0.774. The highest BCUT2D eigenvalue weighted by molar-refractivity contribution is 5.82. The standard InChI is InChI=1S/C18H20N4O4/c1-18(2,3)26-17(24)19-9-12-8-15(23)13-7-11(5-6-16(13)25-12)14-10-22(4)21-20-14/h5-8,10H,9H2,1-4H3,(H,19,24). The van der Waals surface area contributed by atoms with Crippen LogP contribution in [-0.4, -0.2) is 26.7 Å². The highest BCUT2D eigenvalue weighted by Crippen LogP contribution is 2.21. The SMILES string of the molecule is Cn1cc(-c2ccc3oc(CNC(=O)OC(C)(C)C)cc(=O)c3c2)nn1. The van der Waals surface area contributed by atoms with Crippen LogP contribution < -0.4 is 10.7 Å². The lowest BCUT2D eigenvalue weighted by molar-refractivity contribution is 0.0520. The molecule has 0 aliphatic rings. The molecule has 26 heavy (non-hydrogen) atoms. The smallest absolute Gasteiger partial charge is 0.408 e. The van der Waals surface area contributed by atoms with Crippen molar-refractivity contribution in [1.82, 2.24) is 20.3 Å². The lowest BCUT2D eigenvalue weighted by atomic mass is 10.1. The van der Waals surface area contributed by atoms with Crippen LogP contribution in [0.3, 0.4) is 0 Å². The van der Waals surface area contributed by atoms with Crippen molar-refractivity contribution in [3.05, 3.63) is 46.4 Å². The molecule has 0 atom stereocenters. The third-order valence-electron chi connectivity index (χ3n) is 3.48. The van der Waals surface area contributed by atoms with Crippen molar-refractivity contribution in [3.63, 3.8) is 0 Å². The molecule has 2 aromatic heterocycles. The lowest BCUT2D eigenvalue weighted by Gasteiger charge is -2.19. The zero-order chi connectivity index (χ0) is 18.9. The molecule has 0 spiro atoms. The second-order valence-corrected chi connectivity index (χ2v) is 6.92. The number of aromatic nitrogens is 3. The van der Waals surface area contributed by atoms with E-state index in [0.29, 0.717) is 22.4 Å². The fourth-order valence-corrected chi connectivity index (χ4v) is 2.41. The molecule has 0 saturated carbocycles. The summed E-state index contributed by atoms with van der Waals surface area (Å²) in [7, 11) is 1.77. The van der Waals surface area contributed by atoms with Crippen molar-refractivity contribution < 1.29 is 13.9 Å². The van der Waals surface area contributed by atoms with Crippen LogP contribution in [0.15, 0.2) is 39.7 Å². The van der Waals surface area contributed by atoms with Gasteiger partial charge in [0.25, 0.3) is 0 Å². The van der Waals surface area contributed by atoms with E-state index < -0.39 is 11.7 Å². The highest BCUT2D eigenvalue weighted by atomic mass is 16.6. The van der Waals surface area contributed by atoms with E-state index in [1.54, 1.807) is 56.9 Å². The van der Waals surface area contributed by atoms with Crippen molar-refractivity contribution in [3.8, 4) is 11.3 Å². The minimum absolute atomic E-state index is 0.0615. The number of hydrogen-bond donors (Lipinski definition) is 1. The predicted octanol–water partition coefficient (Wildman–Crippen LogP) is 2.61. The van der Waals surface area contributed by atoms with E-state index in [1.807, 2.05) is 0 Å². The van der Waals surface area contributed by atoms with Crippen molar-refractivity contribution in [2.24, 2.45) is 7.05 Å². The Morgan fingerprint density at radius 3 is 2.73 bits per heavy atom. The molecule has 0 aliphatic heterocycles. The average Bonchev–Trinajstić information content (AvgIpc) is 2.98. The maximum absolute atomic E-state index is 12.4. The van der Waals surface area contributed by atoms with Crippen molar-refractivity contribution >= 4 is 17.1 Å². The molecule has 8 heteroatoms. The van der Waals surface area contributed by atoms with E-state index in [1.165, 1.54) is 6.07 Å². The van der Waals surface area contributed by atoms with Crippen molar-refractivity contribution in [1.29, 1.82) is 0 Å². The summed E-state index contributed by atoms with van der Waals surface area (Å²) in [5.74, 6) is 0.348. The van der Waals surface area contributed by atoms with E-state index in [9.17, 15) is 9.59 Å². The van der Waals surface area contributed by atoms with Gasteiger partial charge in [-0.1, -0.05) is 5.21 Å². The van der Waals surface area contributed by atoms with E-state index in [2.05, 4.69) is 15.6 Å². The zero-order valence-electron chi connectivity index (χ0n) is 15.1. The molecule has 1 amide bonds. The maximum Gasteiger partial charge on any atom is 0.408 e. The highest BCUT2D eigenvalue weighted by Gasteiger charge is 2.16. The monoisotopic (exact) mass is 356 g/mol. The number of nitrogens with one attached hydrogen (secondary N) is 1. The first-order valence-corrected chi connectivity index (χ1v) is 8.11. The normalized spacial score (nSPS) is 11.5. The van der Waals surface area contributed by atoms with Crippen LogP contribution >= 0.6 is 0 Å². The molecule has 1 aromatic carbocycles. The number of ether oxygens (including phenoxy) is 1. The molecule has 3 rings (SSSR count). The number of carbonyl (C=O) groups is 1. The van der Waals surface area contributed by atoms with Crippen LogP contribution in [-0.2, 0) is 18.3 Å². The summed E-state index contributed by atoms with van der Waals surface area (Å²) in [4.78, 5) is 24.1. The van der Waals surface area contributed by atoms with Crippen LogP contribution in [0.5, 0.6) is 0 Å². The summed E-state index contributed by atoms with van der Waals surface area (Å²) in [6.07, 6.45) is 1.19. The van der Waals surface area contributed by atoms with Crippen molar-refractivity contribution in [2.45, 2.75) is 32.9 Å². The Labute approximate surface area is 149 Å². The van der Waals surface area contributed by atoms with Gasteiger partial charge in [-0.25, -0.2) is 4.79 Å². The maximum atomic E-state index is 12.4. The summed E-state index contributed by atoms with van der Waals surface area (Å²) < 4.78 is 12.5. The molecule has 0 fully saturated rings. The van der Waals surface area contributed by atoms with Crippen LogP contribution in [0, 0.1) is 0 Å². The van der Waals surface area contributed by atoms with Crippen LogP contribution in [0.1, 0.15) is 26.5 Å². The Morgan fingerprint density at radius 1 is 1.31 bits per heavy atom. The first-order chi connectivity index (χ1) is 12.2. The number of aryl methyl sites for hydroxylation is 1. The third-order valence-corrected chi connectivity index (χ3v) is 3.48. The number of alkyl carbamates (subject to hydrolysis) is 1. The lowest BCUT2D eigenvalue weighted by Crippen LogP contribution is -2.32. The summed E-state index contributed by atoms with van der Waals surface area (Å²) in [5.41, 5.74) is 1.09. The molecule has 136 valence electrons. The Kier molecular flexibility index (Phi) is 4.50. The number of rotatable bonds is 3. The molecular formula is C18H20N4O4. The molecular weight excluding hydrogens is 336 g/mol. The van der Waals surface area contributed by atoms with Gasteiger partial charge in [0.15, 0.2) is 5.43 Å². The Morgan fingerprint density at radius 2 is 2.08 bits per heavy atom. The van der Waals surface area contributed by atoms with Gasteiger partial charge >= 0.3 is 6.09 Å². The van der Waals surface area contributed by atoms with Crippen LogP contribution in [0.4, 0.5) is 4.79 Å². The molecule has 0 saturated heterocycles.